The van der Waals surface area contributed by atoms with Gasteiger partial charge in [-0.15, -0.1) is 0 Å². The second-order valence-corrected chi connectivity index (χ2v) is 6.01. The maximum Gasteiger partial charge on any atom is 0.411 e. The second-order valence-electron chi connectivity index (χ2n) is 6.01. The van der Waals surface area contributed by atoms with Crippen LogP contribution in [-0.4, -0.2) is 28.9 Å². The molecule has 4 rings (SSSR count). The predicted octanol–water partition coefficient (Wildman–Crippen LogP) is 2.69. The molecule has 3 fully saturated rings. The minimum atomic E-state index is -0.549. The second kappa shape index (κ2) is 4.08. The van der Waals surface area contributed by atoms with Crippen LogP contribution in [0.4, 0.5) is 4.79 Å². The van der Waals surface area contributed by atoms with Crippen molar-refractivity contribution in [3.8, 4) is 0 Å². The molecule has 0 radical (unpaired) electrons. The topological polar surface area (TPSA) is 46.6 Å². The molecule has 1 saturated heterocycles. The van der Waals surface area contributed by atoms with Crippen LogP contribution in [0.1, 0.15) is 37.3 Å². The molecule has 2 aliphatic carbocycles. The summed E-state index contributed by atoms with van der Waals surface area (Å²) in [5.74, 6) is 0.578. The molecule has 0 N–H and O–H groups in total. The van der Waals surface area contributed by atoms with Crippen molar-refractivity contribution in [2.24, 2.45) is 5.92 Å². The van der Waals surface area contributed by atoms with Crippen molar-refractivity contribution in [3.05, 3.63) is 35.9 Å². The van der Waals surface area contributed by atoms with Crippen LogP contribution in [0.2, 0.25) is 0 Å². The van der Waals surface area contributed by atoms with Gasteiger partial charge in [-0.3, -0.25) is 9.69 Å². The van der Waals surface area contributed by atoms with E-state index < -0.39 is 5.54 Å². The fraction of sp³-hybridized carbons (Fsp3) is 0.500. The average molecular weight is 271 g/mol. The van der Waals surface area contributed by atoms with Gasteiger partial charge in [0.1, 0.15) is 12.1 Å². The van der Waals surface area contributed by atoms with E-state index >= 15 is 0 Å². The summed E-state index contributed by atoms with van der Waals surface area (Å²) in [5.41, 5.74) is 0.503. The Kier molecular flexibility index (Phi) is 2.43. The lowest BCUT2D eigenvalue weighted by Crippen LogP contribution is -2.48. The highest BCUT2D eigenvalue weighted by atomic mass is 16.6. The lowest BCUT2D eigenvalue weighted by molar-refractivity contribution is -0.127. The van der Waals surface area contributed by atoms with Gasteiger partial charge in [-0.25, -0.2) is 4.79 Å². The highest BCUT2D eigenvalue weighted by molar-refractivity contribution is 5.96. The number of amides is 1. The molecule has 3 aliphatic rings. The minimum absolute atomic E-state index is 0.115. The van der Waals surface area contributed by atoms with Crippen molar-refractivity contribution in [1.29, 1.82) is 0 Å². The van der Waals surface area contributed by atoms with E-state index in [0.29, 0.717) is 18.9 Å². The van der Waals surface area contributed by atoms with E-state index in [1.54, 1.807) is 4.90 Å². The number of nitrogens with zero attached hydrogens (tertiary/aromatic N) is 1. The van der Waals surface area contributed by atoms with E-state index in [2.05, 4.69) is 0 Å². The summed E-state index contributed by atoms with van der Waals surface area (Å²) in [5, 5.41) is 0. The molecule has 20 heavy (non-hydrogen) atoms. The monoisotopic (exact) mass is 271 g/mol. The number of Topliss-reactive ketones (excluding diaryl/α,β-unsaturated/α-hetero) is 1. The third-order valence-electron chi connectivity index (χ3n) is 5.00. The van der Waals surface area contributed by atoms with Crippen molar-refractivity contribution in [1.82, 2.24) is 4.90 Å². The molecule has 1 unspecified atom stereocenters. The number of hydrogen-bond acceptors (Lipinski definition) is 3. The van der Waals surface area contributed by atoms with Crippen LogP contribution >= 0.6 is 0 Å². The first-order valence-electron chi connectivity index (χ1n) is 7.28. The van der Waals surface area contributed by atoms with Crippen molar-refractivity contribution < 1.29 is 14.3 Å². The number of ether oxygens (including phenoxy) is 1. The van der Waals surface area contributed by atoms with Gasteiger partial charge < -0.3 is 4.74 Å². The standard InChI is InChI=1S/C16H17NO3/c18-14-8-4-7-12-9-16(12,14)17-13(10-20-15(17)19)11-5-2-1-3-6-11/h1-3,5-6,12-13H,4,7-10H2/t12-,13-,16?/m0/s1. The third kappa shape index (κ3) is 1.48. The average Bonchev–Trinajstić information content (AvgIpc) is 3.09. The van der Waals surface area contributed by atoms with Gasteiger partial charge in [0.25, 0.3) is 0 Å². The Morgan fingerprint density at radius 1 is 1.20 bits per heavy atom. The van der Waals surface area contributed by atoms with E-state index in [9.17, 15) is 9.59 Å². The van der Waals surface area contributed by atoms with E-state index in [4.69, 9.17) is 4.74 Å². The van der Waals surface area contributed by atoms with Crippen LogP contribution in [0.3, 0.4) is 0 Å². The smallest absolute Gasteiger partial charge is 0.411 e. The van der Waals surface area contributed by atoms with Gasteiger partial charge in [0.05, 0.1) is 6.04 Å². The third-order valence-corrected chi connectivity index (χ3v) is 5.00. The van der Waals surface area contributed by atoms with Crippen LogP contribution in [0.15, 0.2) is 30.3 Å². The van der Waals surface area contributed by atoms with Gasteiger partial charge in [-0.05, 0) is 30.7 Å². The van der Waals surface area contributed by atoms with Crippen LogP contribution in [0.5, 0.6) is 0 Å². The van der Waals surface area contributed by atoms with Gasteiger partial charge in [0.2, 0.25) is 0 Å². The molecule has 104 valence electrons. The summed E-state index contributed by atoms with van der Waals surface area (Å²) in [7, 11) is 0. The Bertz CT molecular complexity index is 570. The molecule has 4 nitrogen and oxygen atoms in total. The van der Waals surface area contributed by atoms with E-state index in [0.717, 1.165) is 24.8 Å². The van der Waals surface area contributed by atoms with Gasteiger partial charge in [-0.1, -0.05) is 30.3 Å². The first-order chi connectivity index (χ1) is 9.73. The molecule has 0 aromatic heterocycles. The highest BCUT2D eigenvalue weighted by Crippen LogP contribution is 2.58. The van der Waals surface area contributed by atoms with Gasteiger partial charge in [-0.2, -0.15) is 0 Å². The van der Waals surface area contributed by atoms with Crippen molar-refractivity contribution in [3.63, 3.8) is 0 Å². The fourth-order valence-corrected chi connectivity index (χ4v) is 3.94. The largest absolute Gasteiger partial charge is 0.447 e. The number of carbonyl (C=O) groups is 2. The molecule has 0 spiro atoms. The van der Waals surface area contributed by atoms with Gasteiger partial charge in [0, 0.05) is 6.42 Å². The minimum Gasteiger partial charge on any atom is -0.447 e. The molecule has 4 heteroatoms. The molecule has 1 aliphatic heterocycles. The lowest BCUT2D eigenvalue weighted by atomic mass is 9.91. The summed E-state index contributed by atoms with van der Waals surface area (Å²) >= 11 is 0. The molecule has 2 saturated carbocycles. The van der Waals surface area contributed by atoms with Crippen LogP contribution in [0, 0.1) is 5.92 Å². The van der Waals surface area contributed by atoms with Gasteiger partial charge in [0.15, 0.2) is 5.78 Å². The summed E-state index contributed by atoms with van der Waals surface area (Å²) in [4.78, 5) is 26.3. The van der Waals surface area contributed by atoms with E-state index in [1.807, 2.05) is 30.3 Å². The summed E-state index contributed by atoms with van der Waals surface area (Å²) in [6.07, 6.45) is 3.12. The molecule has 1 aromatic rings. The number of benzene rings is 1. The molecule has 1 amide bonds. The molecule has 1 aromatic carbocycles. The molecule has 3 atom stereocenters. The fourth-order valence-electron chi connectivity index (χ4n) is 3.94. The highest BCUT2D eigenvalue weighted by Gasteiger charge is 2.68. The first kappa shape index (κ1) is 11.9. The van der Waals surface area contributed by atoms with Crippen molar-refractivity contribution >= 4 is 11.9 Å². The maximum atomic E-state index is 12.4. The van der Waals surface area contributed by atoms with Crippen molar-refractivity contribution in [2.45, 2.75) is 37.3 Å². The Morgan fingerprint density at radius 2 is 2.00 bits per heavy atom. The SMILES string of the molecule is O=C1OC[C@@H](c2ccccc2)N1C12C[C@@H]1CCCC2=O. The summed E-state index contributed by atoms with van der Waals surface area (Å²) < 4.78 is 5.26. The molecular weight excluding hydrogens is 254 g/mol. The van der Waals surface area contributed by atoms with Gasteiger partial charge >= 0.3 is 6.09 Å². The van der Waals surface area contributed by atoms with E-state index in [1.165, 1.54) is 0 Å². The zero-order valence-electron chi connectivity index (χ0n) is 11.2. The number of cyclic esters (lactones) is 1. The number of hydrogen-bond donors (Lipinski definition) is 0. The number of fused-ring (bicyclic) bond motifs is 1. The predicted molar refractivity (Wildman–Crippen MR) is 72.1 cm³/mol. The number of rotatable bonds is 2. The van der Waals surface area contributed by atoms with Crippen LogP contribution in [-0.2, 0) is 9.53 Å². The van der Waals surface area contributed by atoms with Crippen LogP contribution < -0.4 is 0 Å². The molecule has 1 heterocycles. The number of ketones is 1. The maximum absolute atomic E-state index is 12.4. The first-order valence-corrected chi connectivity index (χ1v) is 7.28. The normalized spacial score (nSPS) is 35.7. The molecular formula is C16H17NO3. The van der Waals surface area contributed by atoms with Crippen LogP contribution in [0.25, 0.3) is 0 Å². The Labute approximate surface area is 117 Å². The summed E-state index contributed by atoms with van der Waals surface area (Å²) in [6, 6.07) is 9.76. The van der Waals surface area contributed by atoms with E-state index in [-0.39, 0.29) is 17.9 Å². The Morgan fingerprint density at radius 3 is 2.75 bits per heavy atom. The Balaban J connectivity index is 1.72. The summed E-state index contributed by atoms with van der Waals surface area (Å²) in [6.45, 7) is 0.352. The Hall–Kier alpha value is -1.84. The number of carbonyl (C=O) groups excluding carboxylic acids is 2. The molecule has 0 bridgehead atoms. The zero-order valence-corrected chi connectivity index (χ0v) is 11.2. The lowest BCUT2D eigenvalue weighted by Gasteiger charge is -2.33. The quantitative estimate of drug-likeness (QED) is 0.830. The zero-order chi connectivity index (χ0) is 13.7. The van der Waals surface area contributed by atoms with Crippen molar-refractivity contribution in [2.75, 3.05) is 6.61 Å².